The van der Waals surface area contributed by atoms with E-state index in [1.165, 1.54) is 12.1 Å². The largest absolute Gasteiger partial charge is 0.478 e. The van der Waals surface area contributed by atoms with Crippen molar-refractivity contribution in [3.05, 3.63) is 35.7 Å². The lowest BCUT2D eigenvalue weighted by Gasteiger charge is -1.98. The Labute approximate surface area is 115 Å². The number of hydrogen-bond donors (Lipinski definition) is 3. The second-order valence-corrected chi connectivity index (χ2v) is 4.15. The van der Waals surface area contributed by atoms with Gasteiger partial charge in [-0.1, -0.05) is 17.3 Å². The highest BCUT2D eigenvalue weighted by Crippen LogP contribution is 2.16. The van der Waals surface area contributed by atoms with Crippen LogP contribution < -0.4 is 5.32 Å². The second kappa shape index (κ2) is 6.78. The van der Waals surface area contributed by atoms with Gasteiger partial charge in [0.25, 0.3) is 0 Å². The molecule has 0 saturated carbocycles. The summed E-state index contributed by atoms with van der Waals surface area (Å²) in [6.07, 6.45) is 0.664. The Balaban J connectivity index is 1.99. The summed E-state index contributed by atoms with van der Waals surface area (Å²) in [6.45, 7) is 1.24. The zero-order valence-electron chi connectivity index (χ0n) is 10.7. The van der Waals surface area contributed by atoms with E-state index in [1.807, 2.05) is 0 Å². The molecule has 1 aromatic carbocycles. The fraction of sp³-hybridized carbons (Fsp3) is 0.308. The van der Waals surface area contributed by atoms with Gasteiger partial charge >= 0.3 is 5.97 Å². The molecule has 7 heteroatoms. The van der Waals surface area contributed by atoms with Gasteiger partial charge < -0.3 is 20.1 Å². The highest BCUT2D eigenvalue weighted by Gasteiger charge is 2.09. The van der Waals surface area contributed by atoms with Gasteiger partial charge in [-0.15, -0.1) is 0 Å². The first-order valence-corrected chi connectivity index (χ1v) is 6.18. The van der Waals surface area contributed by atoms with Crippen LogP contribution in [-0.2, 0) is 6.54 Å². The lowest BCUT2D eigenvalue weighted by Crippen LogP contribution is -2.15. The lowest BCUT2D eigenvalue weighted by atomic mass is 10.1. The molecule has 0 spiro atoms. The smallest absolute Gasteiger partial charge is 0.335 e. The molecule has 2 aromatic rings. The van der Waals surface area contributed by atoms with E-state index >= 15 is 0 Å². The van der Waals surface area contributed by atoms with Crippen LogP contribution in [-0.4, -0.2) is 39.5 Å². The van der Waals surface area contributed by atoms with E-state index in [0.717, 1.165) is 0 Å². The number of aliphatic hydroxyl groups excluding tert-OH is 1. The number of benzene rings is 1. The van der Waals surface area contributed by atoms with Crippen molar-refractivity contribution in [2.45, 2.75) is 13.0 Å². The van der Waals surface area contributed by atoms with Gasteiger partial charge in [0.05, 0.1) is 12.1 Å². The van der Waals surface area contributed by atoms with Crippen molar-refractivity contribution >= 4 is 5.97 Å². The number of aromatic carboxylic acids is 1. The first-order valence-electron chi connectivity index (χ1n) is 6.18. The number of hydrogen-bond acceptors (Lipinski definition) is 6. The number of aromatic nitrogens is 2. The Morgan fingerprint density at radius 1 is 1.30 bits per heavy atom. The SMILES string of the molecule is O=C(O)c1ccc(-c2noc(CNCCCO)n2)cc1. The molecule has 1 heterocycles. The molecule has 7 nitrogen and oxygen atoms in total. The van der Waals surface area contributed by atoms with E-state index in [-0.39, 0.29) is 12.2 Å². The highest BCUT2D eigenvalue weighted by molar-refractivity contribution is 5.88. The van der Waals surface area contributed by atoms with Gasteiger partial charge in [0.2, 0.25) is 11.7 Å². The second-order valence-electron chi connectivity index (χ2n) is 4.15. The molecule has 0 aliphatic rings. The van der Waals surface area contributed by atoms with Crippen LogP contribution in [0.2, 0.25) is 0 Å². The third kappa shape index (κ3) is 3.62. The molecule has 0 aliphatic heterocycles. The number of carboxylic acid groups (broad SMARTS) is 1. The minimum atomic E-state index is -0.974. The Kier molecular flexibility index (Phi) is 4.80. The lowest BCUT2D eigenvalue weighted by molar-refractivity contribution is 0.0697. The topological polar surface area (TPSA) is 108 Å². The molecule has 1 aromatic heterocycles. The van der Waals surface area contributed by atoms with Crippen LogP contribution in [0.25, 0.3) is 11.4 Å². The first kappa shape index (κ1) is 14.2. The van der Waals surface area contributed by atoms with Crippen LogP contribution in [0.3, 0.4) is 0 Å². The Morgan fingerprint density at radius 2 is 2.05 bits per heavy atom. The van der Waals surface area contributed by atoms with Gasteiger partial charge in [-0.2, -0.15) is 4.98 Å². The number of rotatable bonds is 7. The predicted octanol–water partition coefficient (Wildman–Crippen LogP) is 0.907. The minimum Gasteiger partial charge on any atom is -0.478 e. The summed E-state index contributed by atoms with van der Waals surface area (Å²) < 4.78 is 5.07. The van der Waals surface area contributed by atoms with Gasteiger partial charge in [0.1, 0.15) is 0 Å². The normalized spacial score (nSPS) is 10.7. The standard InChI is InChI=1S/C13H15N3O4/c17-7-1-6-14-8-11-15-12(16-20-11)9-2-4-10(5-3-9)13(18)19/h2-5,14,17H,1,6-8H2,(H,18,19). The Morgan fingerprint density at radius 3 is 2.70 bits per heavy atom. The van der Waals surface area contributed by atoms with E-state index < -0.39 is 5.97 Å². The van der Waals surface area contributed by atoms with E-state index in [2.05, 4.69) is 15.5 Å². The maximum atomic E-state index is 10.7. The first-order chi connectivity index (χ1) is 9.70. The molecule has 2 rings (SSSR count). The van der Waals surface area contributed by atoms with Crippen molar-refractivity contribution in [2.75, 3.05) is 13.2 Å². The van der Waals surface area contributed by atoms with E-state index in [9.17, 15) is 4.79 Å². The van der Waals surface area contributed by atoms with Crippen LogP contribution in [0.1, 0.15) is 22.7 Å². The minimum absolute atomic E-state index is 0.137. The molecule has 0 amide bonds. The van der Waals surface area contributed by atoms with E-state index in [4.69, 9.17) is 14.7 Å². The summed E-state index contributed by atoms with van der Waals surface area (Å²) in [6, 6.07) is 6.26. The fourth-order valence-electron chi connectivity index (χ4n) is 1.61. The Bertz CT molecular complexity index is 565. The molecule has 0 radical (unpaired) electrons. The summed E-state index contributed by atoms with van der Waals surface area (Å²) >= 11 is 0. The van der Waals surface area contributed by atoms with Gasteiger partial charge in [-0.25, -0.2) is 4.79 Å². The molecule has 20 heavy (non-hydrogen) atoms. The van der Waals surface area contributed by atoms with Crippen molar-refractivity contribution in [1.29, 1.82) is 0 Å². The summed E-state index contributed by atoms with van der Waals surface area (Å²) in [5.74, 6) is -0.111. The fourth-order valence-corrected chi connectivity index (χ4v) is 1.61. The van der Waals surface area contributed by atoms with Gasteiger partial charge in [0.15, 0.2) is 0 Å². The molecule has 0 bridgehead atoms. The number of nitrogens with one attached hydrogen (secondary N) is 1. The number of carbonyl (C=O) groups is 1. The zero-order chi connectivity index (χ0) is 14.4. The van der Waals surface area contributed by atoms with Gasteiger partial charge in [-0.3, -0.25) is 0 Å². The summed E-state index contributed by atoms with van der Waals surface area (Å²) in [5, 5.41) is 24.4. The molecule has 0 aliphatic carbocycles. The summed E-state index contributed by atoms with van der Waals surface area (Å²) in [5.41, 5.74) is 0.906. The molecule has 0 saturated heterocycles. The average Bonchev–Trinajstić information content (AvgIpc) is 2.92. The van der Waals surface area contributed by atoms with Crippen LogP contribution >= 0.6 is 0 Å². The third-order valence-corrected chi connectivity index (χ3v) is 2.65. The Hall–Kier alpha value is -2.25. The molecule has 3 N–H and O–H groups in total. The number of aliphatic hydroxyl groups is 1. The van der Waals surface area contributed by atoms with Gasteiger partial charge in [-0.05, 0) is 25.1 Å². The molecular weight excluding hydrogens is 262 g/mol. The van der Waals surface area contributed by atoms with Crippen molar-refractivity contribution in [3.8, 4) is 11.4 Å². The monoisotopic (exact) mass is 277 g/mol. The van der Waals surface area contributed by atoms with Crippen molar-refractivity contribution < 1.29 is 19.5 Å². The molecule has 0 fully saturated rings. The van der Waals surface area contributed by atoms with Crippen molar-refractivity contribution in [3.63, 3.8) is 0 Å². The van der Waals surface area contributed by atoms with Crippen LogP contribution in [0.5, 0.6) is 0 Å². The van der Waals surface area contributed by atoms with E-state index in [1.54, 1.807) is 12.1 Å². The maximum absolute atomic E-state index is 10.7. The van der Waals surface area contributed by atoms with Crippen LogP contribution in [0.15, 0.2) is 28.8 Å². The third-order valence-electron chi connectivity index (χ3n) is 2.65. The zero-order valence-corrected chi connectivity index (χ0v) is 10.7. The predicted molar refractivity (Wildman–Crippen MR) is 70.1 cm³/mol. The quantitative estimate of drug-likeness (QED) is 0.645. The molecule has 0 unspecified atom stereocenters. The molecule has 0 atom stereocenters. The summed E-state index contributed by atoms with van der Waals surface area (Å²) in [7, 11) is 0. The highest BCUT2D eigenvalue weighted by atomic mass is 16.5. The van der Waals surface area contributed by atoms with Crippen LogP contribution in [0.4, 0.5) is 0 Å². The van der Waals surface area contributed by atoms with Crippen molar-refractivity contribution in [1.82, 2.24) is 15.5 Å². The average molecular weight is 277 g/mol. The maximum Gasteiger partial charge on any atom is 0.335 e. The van der Waals surface area contributed by atoms with Gasteiger partial charge in [0, 0.05) is 12.2 Å². The summed E-state index contributed by atoms with van der Waals surface area (Å²) in [4.78, 5) is 15.0. The number of nitrogens with zero attached hydrogens (tertiary/aromatic N) is 2. The molecular formula is C13H15N3O4. The van der Waals surface area contributed by atoms with Crippen molar-refractivity contribution in [2.24, 2.45) is 0 Å². The van der Waals surface area contributed by atoms with E-state index in [0.29, 0.717) is 36.8 Å². The van der Waals surface area contributed by atoms with Crippen LogP contribution in [0, 0.1) is 0 Å². The molecule has 106 valence electrons. The number of carboxylic acids is 1.